The molecule has 6 atom stereocenters. The molecule has 7 heteroatoms. The van der Waals surface area contributed by atoms with E-state index in [0.29, 0.717) is 0 Å². The second-order valence-corrected chi connectivity index (χ2v) is 3.98. The Morgan fingerprint density at radius 3 is 2.06 bits per heavy atom. The lowest BCUT2D eigenvalue weighted by molar-refractivity contribution is -0.159. The summed E-state index contributed by atoms with van der Waals surface area (Å²) in [6, 6.07) is 0. The summed E-state index contributed by atoms with van der Waals surface area (Å²) in [6.07, 6.45) is -3.77. The highest BCUT2D eigenvalue weighted by Crippen LogP contribution is 2.45. The number of rotatable bonds is 3. The van der Waals surface area contributed by atoms with Crippen molar-refractivity contribution in [2.24, 2.45) is 11.8 Å². The van der Waals surface area contributed by atoms with E-state index in [1.54, 1.807) is 0 Å². The predicted octanol–water partition coefficient (Wildman–Crippen LogP) is -1.46. The van der Waals surface area contributed by atoms with Gasteiger partial charge in [-0.25, -0.2) is 0 Å². The standard InChI is InChI=1S/C9H12O7/c1-15-7-4(10)5-2(8(11)12)3(9(13)14)6(7)16-5/h2-7,10H,1H3,(H,11,12)(H,13,14)/t2?,3?,4?,5?,6-,7-/m0/s1. The smallest absolute Gasteiger partial charge is 0.310 e. The number of carboxylic acids is 2. The molecule has 3 N–H and O–H groups in total. The highest BCUT2D eigenvalue weighted by molar-refractivity contribution is 5.82. The Hall–Kier alpha value is -1.18. The molecule has 4 unspecified atom stereocenters. The van der Waals surface area contributed by atoms with Crippen LogP contribution in [0.15, 0.2) is 0 Å². The topological polar surface area (TPSA) is 113 Å². The third-order valence-corrected chi connectivity index (χ3v) is 3.25. The molecule has 7 nitrogen and oxygen atoms in total. The maximum Gasteiger partial charge on any atom is 0.310 e. The number of aliphatic hydroxyl groups excluding tert-OH is 1. The Morgan fingerprint density at radius 2 is 1.62 bits per heavy atom. The number of carbonyl (C=O) groups is 2. The molecule has 0 amide bonds. The quantitative estimate of drug-likeness (QED) is 0.545. The van der Waals surface area contributed by atoms with E-state index in [1.165, 1.54) is 7.11 Å². The molecule has 2 saturated heterocycles. The van der Waals surface area contributed by atoms with E-state index >= 15 is 0 Å². The van der Waals surface area contributed by atoms with Crippen LogP contribution >= 0.6 is 0 Å². The van der Waals surface area contributed by atoms with Gasteiger partial charge in [0.2, 0.25) is 0 Å². The first-order valence-corrected chi connectivity index (χ1v) is 4.81. The number of hydrogen-bond acceptors (Lipinski definition) is 5. The van der Waals surface area contributed by atoms with Crippen molar-refractivity contribution in [3.05, 3.63) is 0 Å². The van der Waals surface area contributed by atoms with Gasteiger partial charge in [-0.2, -0.15) is 0 Å². The van der Waals surface area contributed by atoms with E-state index in [0.717, 1.165) is 0 Å². The van der Waals surface area contributed by atoms with Crippen molar-refractivity contribution in [1.29, 1.82) is 0 Å². The van der Waals surface area contributed by atoms with Gasteiger partial charge >= 0.3 is 11.9 Å². The summed E-state index contributed by atoms with van der Waals surface area (Å²) in [7, 11) is 1.33. The van der Waals surface area contributed by atoms with Crippen LogP contribution in [-0.2, 0) is 19.1 Å². The van der Waals surface area contributed by atoms with E-state index in [-0.39, 0.29) is 0 Å². The summed E-state index contributed by atoms with van der Waals surface area (Å²) in [5.41, 5.74) is 0. The summed E-state index contributed by atoms with van der Waals surface area (Å²) in [6.45, 7) is 0. The molecule has 0 saturated carbocycles. The third kappa shape index (κ3) is 1.32. The fraction of sp³-hybridized carbons (Fsp3) is 0.778. The summed E-state index contributed by atoms with van der Waals surface area (Å²) in [5.74, 6) is -4.90. The van der Waals surface area contributed by atoms with Crippen molar-refractivity contribution in [2.75, 3.05) is 7.11 Å². The number of carboxylic acid groups (broad SMARTS) is 2. The zero-order chi connectivity index (χ0) is 12.0. The average molecular weight is 232 g/mol. The van der Waals surface area contributed by atoms with Crippen LogP contribution in [0.1, 0.15) is 0 Å². The van der Waals surface area contributed by atoms with E-state index < -0.39 is 48.2 Å². The summed E-state index contributed by atoms with van der Waals surface area (Å²) < 4.78 is 10.1. The molecule has 0 aliphatic carbocycles. The van der Waals surface area contributed by atoms with Gasteiger partial charge in [0, 0.05) is 7.11 Å². The fourth-order valence-corrected chi connectivity index (χ4v) is 2.58. The van der Waals surface area contributed by atoms with Gasteiger partial charge in [-0.1, -0.05) is 0 Å². The molecular formula is C9H12O7. The number of methoxy groups -OCH3 is 1. The third-order valence-electron chi connectivity index (χ3n) is 3.25. The summed E-state index contributed by atoms with van der Waals surface area (Å²) >= 11 is 0. The summed E-state index contributed by atoms with van der Waals surface area (Å²) in [4.78, 5) is 21.9. The second kappa shape index (κ2) is 3.69. The lowest BCUT2D eigenvalue weighted by atomic mass is 9.76. The lowest BCUT2D eigenvalue weighted by Gasteiger charge is -2.30. The Kier molecular flexibility index (Phi) is 2.61. The Bertz CT molecular complexity index is 328. The SMILES string of the molecule is CO[C@H]1C(O)C2O[C@H]1C(C(=O)O)C2C(=O)O. The molecule has 90 valence electrons. The minimum Gasteiger partial charge on any atom is -0.481 e. The first kappa shape index (κ1) is 11.3. The number of aliphatic hydroxyl groups is 1. The van der Waals surface area contributed by atoms with Crippen LogP contribution in [0, 0.1) is 11.8 Å². The first-order valence-electron chi connectivity index (χ1n) is 4.81. The van der Waals surface area contributed by atoms with Crippen LogP contribution in [0.2, 0.25) is 0 Å². The minimum atomic E-state index is -1.27. The van der Waals surface area contributed by atoms with Crippen LogP contribution in [0.4, 0.5) is 0 Å². The van der Waals surface area contributed by atoms with Crippen molar-refractivity contribution in [3.8, 4) is 0 Å². The van der Waals surface area contributed by atoms with E-state index in [9.17, 15) is 14.7 Å². The maximum atomic E-state index is 11.0. The zero-order valence-electron chi connectivity index (χ0n) is 8.44. The van der Waals surface area contributed by atoms with Crippen molar-refractivity contribution in [2.45, 2.75) is 24.4 Å². The van der Waals surface area contributed by atoms with Crippen LogP contribution in [0.5, 0.6) is 0 Å². The fourth-order valence-electron chi connectivity index (χ4n) is 2.58. The van der Waals surface area contributed by atoms with E-state index in [2.05, 4.69) is 0 Å². The van der Waals surface area contributed by atoms with Crippen LogP contribution in [0.25, 0.3) is 0 Å². The van der Waals surface area contributed by atoms with Crippen molar-refractivity contribution < 1.29 is 34.4 Å². The molecule has 0 aromatic heterocycles. The Balaban J connectivity index is 2.31. The molecule has 16 heavy (non-hydrogen) atoms. The molecular weight excluding hydrogens is 220 g/mol. The van der Waals surface area contributed by atoms with Crippen LogP contribution < -0.4 is 0 Å². The van der Waals surface area contributed by atoms with E-state index in [4.69, 9.17) is 19.7 Å². The molecule has 0 spiro atoms. The number of hydrogen-bond donors (Lipinski definition) is 3. The molecule has 2 rings (SSSR count). The lowest BCUT2D eigenvalue weighted by Crippen LogP contribution is -2.52. The Morgan fingerprint density at radius 1 is 1.12 bits per heavy atom. The number of fused-ring (bicyclic) bond motifs is 2. The Labute approximate surface area is 90.6 Å². The minimum absolute atomic E-state index is 0.776. The molecule has 2 heterocycles. The van der Waals surface area contributed by atoms with Gasteiger partial charge in [-0.05, 0) is 0 Å². The molecule has 2 bridgehead atoms. The molecule has 0 aromatic rings. The van der Waals surface area contributed by atoms with Crippen LogP contribution in [0.3, 0.4) is 0 Å². The molecule has 2 aliphatic rings. The van der Waals surface area contributed by atoms with Gasteiger partial charge < -0.3 is 24.8 Å². The van der Waals surface area contributed by atoms with Gasteiger partial charge in [-0.3, -0.25) is 9.59 Å². The predicted molar refractivity (Wildman–Crippen MR) is 47.7 cm³/mol. The molecule has 2 aliphatic heterocycles. The van der Waals surface area contributed by atoms with Gasteiger partial charge in [0.1, 0.15) is 36.3 Å². The maximum absolute atomic E-state index is 11.0. The largest absolute Gasteiger partial charge is 0.481 e. The van der Waals surface area contributed by atoms with Crippen molar-refractivity contribution in [1.82, 2.24) is 0 Å². The van der Waals surface area contributed by atoms with Gasteiger partial charge in [0.15, 0.2) is 0 Å². The highest BCUT2D eigenvalue weighted by Gasteiger charge is 2.64. The van der Waals surface area contributed by atoms with E-state index in [1.807, 2.05) is 0 Å². The van der Waals surface area contributed by atoms with Crippen molar-refractivity contribution >= 4 is 11.9 Å². The van der Waals surface area contributed by atoms with Gasteiger partial charge in [-0.15, -0.1) is 0 Å². The molecule has 0 radical (unpaired) electrons. The van der Waals surface area contributed by atoms with Crippen LogP contribution in [-0.4, -0.2) is 58.8 Å². The molecule has 2 fully saturated rings. The zero-order valence-corrected chi connectivity index (χ0v) is 8.44. The summed E-state index contributed by atoms with van der Waals surface area (Å²) in [5, 5.41) is 27.6. The monoisotopic (exact) mass is 232 g/mol. The van der Waals surface area contributed by atoms with Gasteiger partial charge in [0.25, 0.3) is 0 Å². The molecule has 0 aromatic carbocycles. The number of ether oxygens (including phenoxy) is 2. The van der Waals surface area contributed by atoms with Gasteiger partial charge in [0.05, 0.1) is 0 Å². The number of aliphatic carboxylic acids is 2. The van der Waals surface area contributed by atoms with Crippen molar-refractivity contribution in [3.63, 3.8) is 0 Å². The normalized spacial score (nSPS) is 45.9. The second-order valence-electron chi connectivity index (χ2n) is 3.98. The first-order chi connectivity index (χ1) is 7.49. The highest BCUT2D eigenvalue weighted by atomic mass is 16.6. The average Bonchev–Trinajstić information content (AvgIpc) is 2.71.